The number of nitrogens with zero attached hydrogens (tertiary/aromatic N) is 3. The van der Waals surface area contributed by atoms with E-state index < -0.39 is 6.29 Å². The summed E-state index contributed by atoms with van der Waals surface area (Å²) in [5, 5.41) is 0.876. The van der Waals surface area contributed by atoms with Crippen LogP contribution >= 0.6 is 6.29 Å². The molecule has 0 saturated heterocycles. The molecule has 0 heterocycles. The van der Waals surface area contributed by atoms with Gasteiger partial charge in [0.05, 0.1) is 0 Å². The second-order valence-corrected chi connectivity index (χ2v) is 12.3. The summed E-state index contributed by atoms with van der Waals surface area (Å²) in [6.45, 7) is 3.33. The van der Waals surface area contributed by atoms with Gasteiger partial charge in [-0.1, -0.05) is 0 Å². The Hall–Kier alpha value is 0.549. The van der Waals surface area contributed by atoms with Crippen LogP contribution in [-0.2, 0) is 13.6 Å². The number of hydrogen-bond donors (Lipinski definition) is 0. The summed E-state index contributed by atoms with van der Waals surface area (Å²) in [5.74, 6) is 0. The molecule has 122 valence electrons. The van der Waals surface area contributed by atoms with E-state index in [1.54, 1.807) is 0 Å². The summed E-state index contributed by atoms with van der Waals surface area (Å²) in [5.41, 5.74) is 0. The van der Waals surface area contributed by atoms with E-state index in [2.05, 4.69) is 4.90 Å². The number of likely N-dealkylation sites (N-methyl/N-ethyl adjacent to an activating group) is 2. The Balaban J connectivity index is 4.23. The molecule has 8 heteroatoms. The van der Waals surface area contributed by atoms with Gasteiger partial charge in [-0.3, -0.25) is 0 Å². The van der Waals surface area contributed by atoms with Crippen LogP contribution in [0.2, 0.25) is 5.32 Å². The zero-order chi connectivity index (χ0) is 15.6. The van der Waals surface area contributed by atoms with Crippen LogP contribution in [0.4, 0.5) is 0 Å². The third-order valence-corrected chi connectivity index (χ3v) is 8.71. The van der Waals surface area contributed by atoms with Crippen molar-refractivity contribution in [3.05, 3.63) is 0 Å². The molecule has 20 heavy (non-hydrogen) atoms. The molecule has 0 radical (unpaired) electrons. The van der Waals surface area contributed by atoms with Crippen molar-refractivity contribution >= 4 is 20.8 Å². The van der Waals surface area contributed by atoms with Crippen molar-refractivity contribution < 1.29 is 13.6 Å². The number of rotatable bonds is 12. The van der Waals surface area contributed by atoms with Crippen LogP contribution in [0.5, 0.6) is 0 Å². The van der Waals surface area contributed by atoms with E-state index in [1.165, 1.54) is 0 Å². The van der Waals surface area contributed by atoms with Gasteiger partial charge < -0.3 is 0 Å². The van der Waals surface area contributed by atoms with E-state index in [1.807, 2.05) is 52.1 Å². The molecule has 0 rings (SSSR count). The second kappa shape index (κ2) is 11.2. The average Bonchev–Trinajstić information content (AvgIpc) is 2.27. The van der Waals surface area contributed by atoms with E-state index in [9.17, 15) is 4.57 Å². The molecule has 0 bridgehead atoms. The van der Waals surface area contributed by atoms with Crippen molar-refractivity contribution in [2.75, 3.05) is 75.1 Å². The molecule has 0 aliphatic rings. The van der Waals surface area contributed by atoms with Gasteiger partial charge in [0.1, 0.15) is 0 Å². The van der Waals surface area contributed by atoms with Crippen LogP contribution in [0.15, 0.2) is 0 Å². The predicted octanol–water partition coefficient (Wildman–Crippen LogP) is 0.935. The first-order valence-electron chi connectivity index (χ1n) is 6.73. The molecule has 0 atom stereocenters. The fourth-order valence-corrected chi connectivity index (χ4v) is 6.82. The maximum absolute atomic E-state index is 12.7. The molecule has 0 aliphatic heterocycles. The molecule has 0 aliphatic carbocycles. The van der Waals surface area contributed by atoms with Gasteiger partial charge >= 0.3 is 130 Å². The molecule has 0 aromatic carbocycles. The van der Waals surface area contributed by atoms with E-state index in [0.29, 0.717) is 13.2 Å². The van der Waals surface area contributed by atoms with Crippen molar-refractivity contribution in [3.63, 3.8) is 0 Å². The first-order valence-corrected chi connectivity index (χ1v) is 11.7. The first kappa shape index (κ1) is 20.5. The molecule has 0 unspecified atom stereocenters. The Morgan fingerprint density at radius 2 is 1.20 bits per heavy atom. The van der Waals surface area contributed by atoms with E-state index in [0.717, 1.165) is 25.0 Å². The monoisotopic (exact) mass is 375 g/mol. The van der Waals surface area contributed by atoms with Crippen molar-refractivity contribution in [1.29, 1.82) is 0 Å². The maximum atomic E-state index is 12.7. The van der Waals surface area contributed by atoms with Gasteiger partial charge in [-0.15, -0.1) is 0 Å². The van der Waals surface area contributed by atoms with Crippen LogP contribution < -0.4 is 0 Å². The Kier molecular flexibility index (Phi) is 11.5. The summed E-state index contributed by atoms with van der Waals surface area (Å²) >= 11 is -0.129. The standard InChI is InChI=1S/C12H30N3O3PSe/c1-13(2)7-10-17-19(16,18-11-8-14(3)4)20-12-9-15(5)6/h7-12H2,1-6H3. The topological polar surface area (TPSA) is 45.2 Å². The molecular formula is C12H30N3O3PSe. The van der Waals surface area contributed by atoms with E-state index in [4.69, 9.17) is 9.05 Å². The van der Waals surface area contributed by atoms with Gasteiger partial charge in [0.25, 0.3) is 0 Å². The first-order chi connectivity index (χ1) is 9.25. The van der Waals surface area contributed by atoms with Gasteiger partial charge in [-0.05, 0) is 0 Å². The Morgan fingerprint density at radius 1 is 0.800 bits per heavy atom. The van der Waals surface area contributed by atoms with Crippen molar-refractivity contribution in [1.82, 2.24) is 14.7 Å². The number of hydrogen-bond acceptors (Lipinski definition) is 6. The average molecular weight is 374 g/mol. The Bertz CT molecular complexity index is 248. The fourth-order valence-electron chi connectivity index (χ4n) is 1.12. The molecule has 0 saturated carbocycles. The zero-order valence-corrected chi connectivity index (χ0v) is 16.3. The predicted molar refractivity (Wildman–Crippen MR) is 85.7 cm³/mol. The quantitative estimate of drug-likeness (QED) is 0.374. The summed E-state index contributed by atoms with van der Waals surface area (Å²) in [6, 6.07) is 0. The van der Waals surface area contributed by atoms with Crippen LogP contribution in [-0.4, -0.2) is 104 Å². The third kappa shape index (κ3) is 12.3. The minimum atomic E-state index is -2.91. The van der Waals surface area contributed by atoms with Gasteiger partial charge in [0.2, 0.25) is 0 Å². The molecule has 0 aromatic rings. The van der Waals surface area contributed by atoms with Gasteiger partial charge in [-0.25, -0.2) is 0 Å². The second-order valence-electron chi connectivity index (χ2n) is 5.36. The molecule has 0 N–H and O–H groups in total. The Morgan fingerprint density at radius 3 is 1.55 bits per heavy atom. The summed E-state index contributed by atoms with van der Waals surface area (Å²) in [6.07, 6.45) is -2.91. The molecule has 0 fully saturated rings. The van der Waals surface area contributed by atoms with E-state index in [-0.39, 0.29) is 14.5 Å². The summed E-state index contributed by atoms with van der Waals surface area (Å²) < 4.78 is 23.9. The van der Waals surface area contributed by atoms with Crippen LogP contribution in [0.3, 0.4) is 0 Å². The van der Waals surface area contributed by atoms with Crippen LogP contribution in [0.1, 0.15) is 0 Å². The molecule has 6 nitrogen and oxygen atoms in total. The zero-order valence-electron chi connectivity index (χ0n) is 13.7. The van der Waals surface area contributed by atoms with Gasteiger partial charge in [0.15, 0.2) is 0 Å². The molecular weight excluding hydrogens is 344 g/mol. The third-order valence-electron chi connectivity index (χ3n) is 2.36. The van der Waals surface area contributed by atoms with Gasteiger partial charge in [-0.2, -0.15) is 0 Å². The van der Waals surface area contributed by atoms with Crippen molar-refractivity contribution in [2.45, 2.75) is 5.32 Å². The van der Waals surface area contributed by atoms with E-state index >= 15 is 0 Å². The fraction of sp³-hybridized carbons (Fsp3) is 1.00. The summed E-state index contributed by atoms with van der Waals surface area (Å²) in [7, 11) is 11.9. The summed E-state index contributed by atoms with van der Waals surface area (Å²) in [4.78, 5) is 6.11. The Labute approximate surface area is 130 Å². The minimum absolute atomic E-state index is 0.129. The van der Waals surface area contributed by atoms with Crippen molar-refractivity contribution in [3.8, 4) is 0 Å². The SMILES string of the molecule is CN(C)CCOP(=O)(OCCN(C)C)[Se]CCN(C)C. The van der Waals surface area contributed by atoms with Gasteiger partial charge in [0, 0.05) is 0 Å². The normalized spacial score (nSPS) is 12.8. The molecule has 0 amide bonds. The molecule has 0 spiro atoms. The van der Waals surface area contributed by atoms with Crippen LogP contribution in [0, 0.1) is 0 Å². The van der Waals surface area contributed by atoms with Crippen molar-refractivity contribution in [2.24, 2.45) is 0 Å². The van der Waals surface area contributed by atoms with Crippen LogP contribution in [0.25, 0.3) is 0 Å². The molecule has 0 aromatic heterocycles.